The molecule has 0 aliphatic heterocycles. The predicted octanol–water partition coefficient (Wildman–Crippen LogP) is 3.07. The molecule has 106 valence electrons. The van der Waals surface area contributed by atoms with Crippen molar-refractivity contribution in [3.8, 4) is 22.9 Å². The molecule has 2 N–H and O–H groups in total. The van der Waals surface area contributed by atoms with E-state index in [-0.39, 0.29) is 0 Å². The third kappa shape index (κ3) is 2.56. The summed E-state index contributed by atoms with van der Waals surface area (Å²) in [5, 5.41) is 0. The van der Waals surface area contributed by atoms with Crippen LogP contribution in [0.2, 0.25) is 0 Å². The lowest BCUT2D eigenvalue weighted by Crippen LogP contribution is -2.03. The molecule has 1 aromatic carbocycles. The first-order valence-corrected chi connectivity index (χ1v) is 6.94. The van der Waals surface area contributed by atoms with Gasteiger partial charge in [-0.05, 0) is 34.5 Å². The van der Waals surface area contributed by atoms with Crippen LogP contribution in [0, 0.1) is 0 Å². The maximum absolute atomic E-state index is 5.93. The summed E-state index contributed by atoms with van der Waals surface area (Å²) in [4.78, 5) is 8.85. The van der Waals surface area contributed by atoms with Crippen molar-refractivity contribution < 1.29 is 9.47 Å². The van der Waals surface area contributed by atoms with E-state index in [0.717, 1.165) is 22.2 Å². The number of rotatable bonds is 4. The minimum Gasteiger partial charge on any atom is -0.493 e. The van der Waals surface area contributed by atoms with Crippen LogP contribution in [0.5, 0.6) is 11.5 Å². The molecular weight excluding hydrogens is 322 g/mol. The van der Waals surface area contributed by atoms with E-state index in [9.17, 15) is 0 Å². The molecule has 5 nitrogen and oxygen atoms in total. The van der Waals surface area contributed by atoms with Crippen molar-refractivity contribution in [3.63, 3.8) is 0 Å². The Morgan fingerprint density at radius 2 is 1.95 bits per heavy atom. The van der Waals surface area contributed by atoms with E-state index in [2.05, 4.69) is 25.9 Å². The van der Waals surface area contributed by atoms with Crippen LogP contribution in [0.4, 0.5) is 5.82 Å². The first kappa shape index (κ1) is 14.6. The molecule has 20 heavy (non-hydrogen) atoms. The van der Waals surface area contributed by atoms with E-state index < -0.39 is 0 Å². The highest BCUT2D eigenvalue weighted by Crippen LogP contribution is 2.37. The number of para-hydroxylation sites is 1. The van der Waals surface area contributed by atoms with Crippen molar-refractivity contribution in [1.29, 1.82) is 0 Å². The maximum Gasteiger partial charge on any atom is 0.171 e. The van der Waals surface area contributed by atoms with E-state index in [4.69, 9.17) is 15.2 Å². The number of nitrogens with two attached hydrogens (primary N) is 1. The average molecular weight is 338 g/mol. The number of hydrogen-bond donors (Lipinski definition) is 1. The van der Waals surface area contributed by atoms with Gasteiger partial charge in [-0.25, -0.2) is 9.97 Å². The topological polar surface area (TPSA) is 70.3 Å². The molecule has 1 heterocycles. The first-order valence-electron chi connectivity index (χ1n) is 6.15. The maximum atomic E-state index is 5.93. The van der Waals surface area contributed by atoms with Gasteiger partial charge in [0.1, 0.15) is 5.82 Å². The molecule has 0 bridgehead atoms. The van der Waals surface area contributed by atoms with Crippen molar-refractivity contribution in [3.05, 3.63) is 28.4 Å². The van der Waals surface area contributed by atoms with Gasteiger partial charge in [-0.2, -0.15) is 0 Å². The average Bonchev–Trinajstić information content (AvgIpc) is 2.48. The van der Waals surface area contributed by atoms with Gasteiger partial charge >= 0.3 is 0 Å². The van der Waals surface area contributed by atoms with Gasteiger partial charge in [-0.3, -0.25) is 0 Å². The fourth-order valence-corrected chi connectivity index (χ4v) is 2.39. The fourth-order valence-electron chi connectivity index (χ4n) is 1.93. The van der Waals surface area contributed by atoms with Crippen LogP contribution in [-0.4, -0.2) is 24.2 Å². The first-order chi connectivity index (χ1) is 9.62. The molecule has 0 fully saturated rings. The van der Waals surface area contributed by atoms with Gasteiger partial charge in [-0.15, -0.1) is 0 Å². The summed E-state index contributed by atoms with van der Waals surface area (Å²) in [5.74, 6) is 2.17. The second kappa shape index (κ2) is 6.09. The minimum absolute atomic E-state index is 0.414. The number of ether oxygens (including phenoxy) is 2. The van der Waals surface area contributed by atoms with E-state index >= 15 is 0 Å². The van der Waals surface area contributed by atoms with E-state index in [0.29, 0.717) is 23.1 Å². The Morgan fingerprint density at radius 3 is 2.55 bits per heavy atom. The quantitative estimate of drug-likeness (QED) is 0.928. The molecule has 0 unspecified atom stereocenters. The van der Waals surface area contributed by atoms with E-state index in [1.54, 1.807) is 14.2 Å². The molecule has 0 radical (unpaired) electrons. The van der Waals surface area contributed by atoms with Gasteiger partial charge in [0.2, 0.25) is 0 Å². The summed E-state index contributed by atoms with van der Waals surface area (Å²) in [5.41, 5.74) is 7.54. The van der Waals surface area contributed by atoms with Gasteiger partial charge < -0.3 is 15.2 Å². The molecule has 6 heteroatoms. The van der Waals surface area contributed by atoms with Gasteiger partial charge in [-0.1, -0.05) is 13.0 Å². The third-order valence-electron chi connectivity index (χ3n) is 2.92. The minimum atomic E-state index is 0.414. The number of halogens is 1. The van der Waals surface area contributed by atoms with Crippen molar-refractivity contribution in [2.24, 2.45) is 0 Å². The summed E-state index contributed by atoms with van der Waals surface area (Å²) < 4.78 is 11.4. The summed E-state index contributed by atoms with van der Waals surface area (Å²) in [6, 6.07) is 5.57. The van der Waals surface area contributed by atoms with E-state index in [1.807, 2.05) is 25.1 Å². The van der Waals surface area contributed by atoms with Gasteiger partial charge in [0.25, 0.3) is 0 Å². The number of nitrogens with zero attached hydrogens (tertiary/aromatic N) is 2. The number of aromatic nitrogens is 2. The smallest absolute Gasteiger partial charge is 0.171 e. The lowest BCUT2D eigenvalue weighted by molar-refractivity contribution is 0.356. The van der Waals surface area contributed by atoms with E-state index in [1.165, 1.54) is 0 Å². The molecular formula is C14H16BrN3O2. The van der Waals surface area contributed by atoms with Crippen LogP contribution in [-0.2, 0) is 6.42 Å². The Morgan fingerprint density at radius 1 is 1.20 bits per heavy atom. The van der Waals surface area contributed by atoms with Crippen molar-refractivity contribution in [1.82, 2.24) is 9.97 Å². The van der Waals surface area contributed by atoms with Crippen molar-refractivity contribution in [2.75, 3.05) is 20.0 Å². The number of nitrogen functional groups attached to an aromatic ring is 1. The van der Waals surface area contributed by atoms with Gasteiger partial charge in [0.05, 0.1) is 29.9 Å². The largest absolute Gasteiger partial charge is 0.493 e. The summed E-state index contributed by atoms with van der Waals surface area (Å²) in [6.45, 7) is 2.01. The highest BCUT2D eigenvalue weighted by Gasteiger charge is 2.16. The third-order valence-corrected chi connectivity index (χ3v) is 3.79. The van der Waals surface area contributed by atoms with Gasteiger partial charge in [0, 0.05) is 0 Å². The predicted molar refractivity (Wildman–Crippen MR) is 82.1 cm³/mol. The van der Waals surface area contributed by atoms with Crippen molar-refractivity contribution >= 4 is 21.7 Å². The molecule has 0 atom stereocenters. The second-order valence-corrected chi connectivity index (χ2v) is 4.88. The summed E-state index contributed by atoms with van der Waals surface area (Å²) >= 11 is 3.40. The monoisotopic (exact) mass is 337 g/mol. The molecule has 0 aliphatic rings. The number of methoxy groups -OCH3 is 2. The highest BCUT2D eigenvalue weighted by atomic mass is 79.9. The molecule has 0 spiro atoms. The number of anilines is 1. The van der Waals surface area contributed by atoms with Crippen LogP contribution in [0.1, 0.15) is 12.6 Å². The SMILES string of the molecule is CCc1nc(-c2cccc(OC)c2OC)nc(N)c1Br. The Hall–Kier alpha value is -1.82. The Labute approximate surface area is 126 Å². The van der Waals surface area contributed by atoms with Crippen LogP contribution in [0.25, 0.3) is 11.4 Å². The number of hydrogen-bond acceptors (Lipinski definition) is 5. The van der Waals surface area contributed by atoms with Crippen LogP contribution >= 0.6 is 15.9 Å². The molecule has 0 aliphatic carbocycles. The summed E-state index contributed by atoms with van der Waals surface area (Å²) in [6.07, 6.45) is 0.757. The zero-order valence-electron chi connectivity index (χ0n) is 11.6. The normalized spacial score (nSPS) is 10.4. The zero-order chi connectivity index (χ0) is 14.7. The molecule has 0 saturated carbocycles. The standard InChI is InChI=1S/C14H16BrN3O2/c1-4-9-11(15)13(16)18-14(17-9)8-6-5-7-10(19-2)12(8)20-3/h5-7H,4H2,1-3H3,(H2,16,17,18). The zero-order valence-corrected chi connectivity index (χ0v) is 13.2. The summed E-state index contributed by atoms with van der Waals surface area (Å²) in [7, 11) is 3.18. The molecule has 0 saturated heterocycles. The molecule has 2 aromatic rings. The Balaban J connectivity index is 2.65. The van der Waals surface area contributed by atoms with Crippen LogP contribution < -0.4 is 15.2 Å². The second-order valence-electron chi connectivity index (χ2n) is 4.09. The lowest BCUT2D eigenvalue weighted by Gasteiger charge is -2.13. The Kier molecular flexibility index (Phi) is 4.44. The van der Waals surface area contributed by atoms with Crippen LogP contribution in [0.3, 0.4) is 0 Å². The molecule has 1 aromatic heterocycles. The molecule has 0 amide bonds. The van der Waals surface area contributed by atoms with Crippen LogP contribution in [0.15, 0.2) is 22.7 Å². The number of aryl methyl sites for hydroxylation is 1. The Bertz CT molecular complexity index is 632. The van der Waals surface area contributed by atoms with Crippen molar-refractivity contribution in [2.45, 2.75) is 13.3 Å². The van der Waals surface area contributed by atoms with Gasteiger partial charge in [0.15, 0.2) is 17.3 Å². The number of benzene rings is 1. The lowest BCUT2D eigenvalue weighted by atomic mass is 10.1. The highest BCUT2D eigenvalue weighted by molar-refractivity contribution is 9.10. The fraction of sp³-hybridized carbons (Fsp3) is 0.286. The molecule has 2 rings (SSSR count).